The molecule has 3 aliphatic rings. The Morgan fingerprint density at radius 3 is 2.74 bits per heavy atom. The molecule has 0 bridgehead atoms. The van der Waals surface area contributed by atoms with Crippen LogP contribution in [0.25, 0.3) is 10.9 Å². The molecule has 1 amide bonds. The molecule has 0 spiro atoms. The number of anilines is 1. The SMILES string of the molecule is CNC(=O)c1ccc(N2CCN(C3CC4CC4(c4nc5ccc(F)cc5c(=O)[nH]4)C3)CC2)cn1. The molecule has 6 rings (SSSR count). The number of hydrogen-bond donors (Lipinski definition) is 2. The quantitative estimate of drug-likeness (QED) is 0.617. The van der Waals surface area contributed by atoms with E-state index in [9.17, 15) is 14.0 Å². The van der Waals surface area contributed by atoms with Crippen LogP contribution in [0.3, 0.4) is 0 Å². The number of aromatic nitrogens is 3. The van der Waals surface area contributed by atoms with Crippen molar-refractivity contribution in [3.05, 3.63) is 64.2 Å². The fourth-order valence-corrected chi connectivity index (χ4v) is 5.96. The van der Waals surface area contributed by atoms with Gasteiger partial charge >= 0.3 is 0 Å². The minimum Gasteiger partial charge on any atom is -0.368 e. The summed E-state index contributed by atoms with van der Waals surface area (Å²) in [4.78, 5) is 41.2. The second-order valence-corrected chi connectivity index (χ2v) is 9.73. The van der Waals surface area contributed by atoms with E-state index in [0.717, 1.165) is 57.0 Å². The summed E-state index contributed by atoms with van der Waals surface area (Å²) in [6, 6.07) is 8.41. The standard InChI is InChI=1S/C25H27FN6O2/c1-27-23(34)21-5-3-17(14-28-21)31-6-8-32(9-7-31)18-10-15-12-25(15,13-18)24-29-20-4-2-16(26)11-19(20)22(33)30-24/h2-5,11,14-15,18H,6-10,12-13H2,1H3,(H,27,34)(H,29,30,33). The molecule has 1 aliphatic heterocycles. The van der Waals surface area contributed by atoms with E-state index in [4.69, 9.17) is 4.98 Å². The van der Waals surface area contributed by atoms with Gasteiger partial charge in [-0.1, -0.05) is 0 Å². The van der Waals surface area contributed by atoms with Crippen molar-refractivity contribution >= 4 is 22.5 Å². The Labute approximate surface area is 196 Å². The zero-order valence-electron chi connectivity index (χ0n) is 19.1. The molecule has 3 heterocycles. The Morgan fingerprint density at radius 1 is 1.18 bits per heavy atom. The van der Waals surface area contributed by atoms with E-state index < -0.39 is 5.82 Å². The minimum atomic E-state index is -0.423. The second kappa shape index (κ2) is 7.87. The van der Waals surface area contributed by atoms with Gasteiger partial charge in [0.25, 0.3) is 11.5 Å². The normalized spacial score (nSPS) is 26.5. The van der Waals surface area contributed by atoms with Crippen LogP contribution in [0, 0.1) is 11.7 Å². The fraction of sp³-hybridized carbons (Fsp3) is 0.440. The van der Waals surface area contributed by atoms with Gasteiger partial charge in [-0.05, 0) is 55.5 Å². The van der Waals surface area contributed by atoms with Gasteiger partial charge in [0.2, 0.25) is 0 Å². The first-order valence-electron chi connectivity index (χ1n) is 11.8. The molecule has 2 N–H and O–H groups in total. The third kappa shape index (κ3) is 3.46. The predicted octanol–water partition coefficient (Wildman–Crippen LogP) is 2.06. The summed E-state index contributed by atoms with van der Waals surface area (Å²) in [6.07, 6.45) is 4.94. The molecule has 34 heavy (non-hydrogen) atoms. The van der Waals surface area contributed by atoms with Crippen molar-refractivity contribution in [2.45, 2.75) is 30.7 Å². The molecular weight excluding hydrogens is 435 g/mol. The van der Waals surface area contributed by atoms with Crippen LogP contribution in [0.5, 0.6) is 0 Å². The fourth-order valence-electron chi connectivity index (χ4n) is 5.96. The van der Waals surface area contributed by atoms with Crippen LogP contribution >= 0.6 is 0 Å². The number of H-pyrrole nitrogens is 1. The summed E-state index contributed by atoms with van der Waals surface area (Å²) in [5.41, 5.74) is 1.71. The summed E-state index contributed by atoms with van der Waals surface area (Å²) in [7, 11) is 1.60. The van der Waals surface area contributed by atoms with Crippen LogP contribution in [-0.4, -0.2) is 65.0 Å². The van der Waals surface area contributed by atoms with Gasteiger partial charge in [0.15, 0.2) is 0 Å². The molecule has 1 aromatic carbocycles. The molecule has 0 radical (unpaired) electrons. The first-order chi connectivity index (χ1) is 16.5. The maximum atomic E-state index is 13.6. The number of pyridine rings is 1. The average molecular weight is 463 g/mol. The molecule has 3 unspecified atom stereocenters. The molecule has 2 saturated carbocycles. The molecule has 8 nitrogen and oxygen atoms in total. The smallest absolute Gasteiger partial charge is 0.269 e. The van der Waals surface area contributed by atoms with Gasteiger partial charge in [-0.25, -0.2) is 14.4 Å². The van der Waals surface area contributed by atoms with Crippen molar-refractivity contribution in [3.8, 4) is 0 Å². The number of carbonyl (C=O) groups is 1. The van der Waals surface area contributed by atoms with Crippen LogP contribution in [-0.2, 0) is 5.41 Å². The number of benzene rings is 1. The number of rotatable bonds is 4. The number of nitrogens with one attached hydrogen (secondary N) is 2. The number of carbonyl (C=O) groups excluding carboxylic acids is 1. The van der Waals surface area contributed by atoms with Gasteiger partial charge in [0.1, 0.15) is 17.3 Å². The van der Waals surface area contributed by atoms with Gasteiger partial charge in [0, 0.05) is 44.7 Å². The Kier molecular flexibility index (Phi) is 4.91. The highest BCUT2D eigenvalue weighted by Crippen LogP contribution is 2.64. The Balaban J connectivity index is 1.12. The van der Waals surface area contributed by atoms with Gasteiger partial charge in [-0.2, -0.15) is 0 Å². The van der Waals surface area contributed by atoms with Gasteiger partial charge < -0.3 is 15.2 Å². The number of piperazine rings is 1. The van der Waals surface area contributed by atoms with Crippen molar-refractivity contribution in [2.24, 2.45) is 5.92 Å². The molecule has 2 aliphatic carbocycles. The summed E-state index contributed by atoms with van der Waals surface area (Å²) in [5, 5.41) is 2.90. The third-order valence-corrected chi connectivity index (χ3v) is 7.93. The van der Waals surface area contributed by atoms with E-state index in [1.807, 2.05) is 6.07 Å². The predicted molar refractivity (Wildman–Crippen MR) is 127 cm³/mol. The van der Waals surface area contributed by atoms with Crippen LogP contribution in [0.2, 0.25) is 0 Å². The monoisotopic (exact) mass is 462 g/mol. The minimum absolute atomic E-state index is 0.0524. The van der Waals surface area contributed by atoms with Crippen molar-refractivity contribution in [1.82, 2.24) is 25.2 Å². The highest BCUT2D eigenvalue weighted by Gasteiger charge is 2.63. The van der Waals surface area contributed by atoms with Crippen LogP contribution in [0.1, 0.15) is 35.6 Å². The number of aromatic amines is 1. The van der Waals surface area contributed by atoms with Crippen LogP contribution in [0.15, 0.2) is 41.3 Å². The lowest BCUT2D eigenvalue weighted by atomic mass is 9.99. The zero-order chi connectivity index (χ0) is 23.4. The summed E-state index contributed by atoms with van der Waals surface area (Å²) >= 11 is 0. The average Bonchev–Trinajstić information content (AvgIpc) is 3.44. The third-order valence-electron chi connectivity index (χ3n) is 7.93. The highest BCUT2D eigenvalue weighted by atomic mass is 19.1. The van der Waals surface area contributed by atoms with E-state index in [-0.39, 0.29) is 16.9 Å². The van der Waals surface area contributed by atoms with Crippen molar-refractivity contribution in [3.63, 3.8) is 0 Å². The van der Waals surface area contributed by atoms with Crippen LogP contribution in [0.4, 0.5) is 10.1 Å². The highest BCUT2D eigenvalue weighted by molar-refractivity contribution is 5.92. The molecule has 176 valence electrons. The number of halogens is 1. The van der Waals surface area contributed by atoms with Crippen molar-refractivity contribution in [1.29, 1.82) is 0 Å². The first kappa shape index (κ1) is 21.2. The largest absolute Gasteiger partial charge is 0.368 e. The number of nitrogens with zero attached hydrogens (tertiary/aromatic N) is 4. The van der Waals surface area contributed by atoms with Crippen molar-refractivity contribution in [2.75, 3.05) is 38.1 Å². The second-order valence-electron chi connectivity index (χ2n) is 9.73. The summed E-state index contributed by atoms with van der Waals surface area (Å²) in [6.45, 7) is 3.74. The van der Waals surface area contributed by atoms with Crippen molar-refractivity contribution < 1.29 is 9.18 Å². The van der Waals surface area contributed by atoms with Gasteiger partial charge in [-0.15, -0.1) is 0 Å². The van der Waals surface area contributed by atoms with E-state index in [1.54, 1.807) is 25.4 Å². The molecular formula is C25H27FN6O2. The number of fused-ring (bicyclic) bond motifs is 2. The molecule has 3 aromatic rings. The summed E-state index contributed by atoms with van der Waals surface area (Å²) < 4.78 is 13.6. The van der Waals surface area contributed by atoms with E-state index >= 15 is 0 Å². The maximum Gasteiger partial charge on any atom is 0.269 e. The molecule has 1 saturated heterocycles. The van der Waals surface area contributed by atoms with E-state index in [2.05, 4.69) is 25.1 Å². The van der Waals surface area contributed by atoms with Gasteiger partial charge in [-0.3, -0.25) is 14.5 Å². The van der Waals surface area contributed by atoms with Crippen LogP contribution < -0.4 is 15.8 Å². The maximum absolute atomic E-state index is 13.6. The Hall–Kier alpha value is -3.33. The van der Waals surface area contributed by atoms with Gasteiger partial charge in [0.05, 0.1) is 22.8 Å². The lowest BCUT2D eigenvalue weighted by molar-refractivity contribution is 0.0958. The first-order valence-corrected chi connectivity index (χ1v) is 11.8. The number of hydrogen-bond acceptors (Lipinski definition) is 6. The molecule has 3 atom stereocenters. The lowest BCUT2D eigenvalue weighted by Crippen LogP contribution is -2.50. The van der Waals surface area contributed by atoms with E-state index in [1.165, 1.54) is 12.1 Å². The Bertz CT molecular complexity index is 1320. The molecule has 2 aromatic heterocycles. The topological polar surface area (TPSA) is 94.2 Å². The molecule has 3 fully saturated rings. The van der Waals surface area contributed by atoms with E-state index in [0.29, 0.717) is 28.6 Å². The molecule has 9 heteroatoms. The Morgan fingerprint density at radius 2 is 2.00 bits per heavy atom. The summed E-state index contributed by atoms with van der Waals surface area (Å²) in [5.74, 6) is 0.704. The lowest BCUT2D eigenvalue weighted by Gasteiger charge is -2.39. The zero-order valence-corrected chi connectivity index (χ0v) is 19.1. The number of amides is 1.